The van der Waals surface area contributed by atoms with E-state index in [1.54, 1.807) is 16.0 Å². The van der Waals surface area contributed by atoms with Gasteiger partial charge in [-0.3, -0.25) is 9.59 Å². The maximum absolute atomic E-state index is 12.2. The van der Waals surface area contributed by atoms with Crippen molar-refractivity contribution in [3.05, 3.63) is 44.2 Å². The van der Waals surface area contributed by atoms with E-state index in [0.29, 0.717) is 68.3 Å². The van der Waals surface area contributed by atoms with E-state index in [1.165, 1.54) is 14.2 Å². The maximum atomic E-state index is 12.2. The molecule has 2 aromatic heterocycles. The molecule has 15 heteroatoms. The number of carbonyl (C=O) groups excluding carboxylic acids is 4. The van der Waals surface area contributed by atoms with Gasteiger partial charge in [0.05, 0.1) is 38.1 Å². The van der Waals surface area contributed by atoms with Crippen LogP contribution in [-0.2, 0) is 54.2 Å². The molecule has 2 amide bonds. The average Bonchev–Trinajstić information content (AvgIpc) is 3.71. The molecule has 14 nitrogen and oxygen atoms in total. The average molecular weight is 832 g/mol. The number of nitrogens with zero attached hydrogens (tertiary/aromatic N) is 4. The molecule has 4 atom stereocenters. The zero-order valence-corrected chi connectivity index (χ0v) is 35.3. The summed E-state index contributed by atoms with van der Waals surface area (Å²) in [5.74, 6) is 0.391. The molecule has 4 heterocycles. The Bertz CT molecular complexity index is 1790. The third-order valence-corrected chi connectivity index (χ3v) is 11.0. The lowest BCUT2D eigenvalue weighted by Crippen LogP contribution is -2.55. The summed E-state index contributed by atoms with van der Waals surface area (Å²) in [7, 11) is 2.83. The molecule has 0 spiro atoms. The number of methoxy groups -OCH3 is 2. The van der Waals surface area contributed by atoms with Crippen molar-refractivity contribution in [2.75, 3.05) is 40.5 Å². The number of pyridine rings is 2. The Morgan fingerprint density at radius 1 is 0.709 bits per heavy atom. The van der Waals surface area contributed by atoms with Crippen LogP contribution in [0.15, 0.2) is 10.8 Å². The lowest BCUT2D eigenvalue weighted by Gasteiger charge is -2.41. The first-order valence-electron chi connectivity index (χ1n) is 18.9. The zero-order chi connectivity index (χ0) is 40.4. The van der Waals surface area contributed by atoms with Crippen molar-refractivity contribution in [3.8, 4) is 11.8 Å². The number of likely N-dealkylation sites (tertiary alicyclic amines) is 2. The van der Waals surface area contributed by atoms with Crippen molar-refractivity contribution in [2.45, 2.75) is 117 Å². The number of aromatic nitrogens is 2. The van der Waals surface area contributed by atoms with Gasteiger partial charge < -0.3 is 38.2 Å². The first-order chi connectivity index (χ1) is 25.8. The van der Waals surface area contributed by atoms with E-state index in [1.807, 2.05) is 55.4 Å². The van der Waals surface area contributed by atoms with Gasteiger partial charge in [-0.2, -0.15) is 0 Å². The van der Waals surface area contributed by atoms with Crippen LogP contribution >= 0.6 is 15.9 Å². The van der Waals surface area contributed by atoms with Gasteiger partial charge in [0.2, 0.25) is 11.8 Å². The van der Waals surface area contributed by atoms with Crippen molar-refractivity contribution in [1.29, 1.82) is 0 Å². The number of hydrogen-bond acceptors (Lipinski definition) is 12. The van der Waals surface area contributed by atoms with E-state index in [9.17, 15) is 19.2 Å². The van der Waals surface area contributed by atoms with Crippen LogP contribution < -0.4 is 9.47 Å². The van der Waals surface area contributed by atoms with E-state index in [0.717, 1.165) is 46.2 Å². The summed E-state index contributed by atoms with van der Waals surface area (Å²) < 4.78 is 33.2. The van der Waals surface area contributed by atoms with E-state index < -0.39 is 11.2 Å². The van der Waals surface area contributed by atoms with Gasteiger partial charge in [-0.05, 0) is 132 Å². The number of halogens is 1. The lowest BCUT2D eigenvalue weighted by molar-refractivity contribution is -0.145. The molecule has 55 heavy (non-hydrogen) atoms. The summed E-state index contributed by atoms with van der Waals surface area (Å²) in [6, 6.07) is -0.0250. The molecule has 302 valence electrons. The Balaban J connectivity index is 0.000000211. The standard InChI is InChI=1S/C20H27BrN2O5.C20H28N2O5/c1-11-14-8-12(18(24)26-5)9-15(14)16(21)22-17(11)27-10-13-6-7-23(13)19(25)28-20(2,3)4;1-12-16-9-13(18(23)25-5)8-14(16)10-21-17(12)26-11-15-6-7-22(15)19(24)27-20(2,3)4/h12-13H,6-10H2,1-5H3;10,13,15H,6-9,11H2,1-5H3/t12?,13-;13?,15-/m00/s1. The molecule has 6 rings (SSSR count). The Labute approximate surface area is 332 Å². The molecular weight excluding hydrogens is 776 g/mol. The van der Waals surface area contributed by atoms with E-state index in [2.05, 4.69) is 25.9 Å². The summed E-state index contributed by atoms with van der Waals surface area (Å²) in [5, 5.41) is 0. The predicted molar refractivity (Wildman–Crippen MR) is 205 cm³/mol. The second kappa shape index (κ2) is 16.9. The van der Waals surface area contributed by atoms with Crippen molar-refractivity contribution in [3.63, 3.8) is 0 Å². The highest BCUT2D eigenvalue weighted by molar-refractivity contribution is 9.10. The number of esters is 2. The normalized spacial score (nSPS) is 21.1. The van der Waals surface area contributed by atoms with Crippen molar-refractivity contribution >= 4 is 40.1 Å². The van der Waals surface area contributed by atoms with Crippen LogP contribution in [0, 0.1) is 25.7 Å². The fourth-order valence-corrected chi connectivity index (χ4v) is 7.71. The minimum absolute atomic E-state index is 0.00266. The second-order valence-electron chi connectivity index (χ2n) is 16.6. The smallest absolute Gasteiger partial charge is 0.410 e. The quantitative estimate of drug-likeness (QED) is 0.172. The van der Waals surface area contributed by atoms with Gasteiger partial charge in [0, 0.05) is 30.4 Å². The Kier molecular flexibility index (Phi) is 12.9. The molecule has 2 fully saturated rings. The van der Waals surface area contributed by atoms with Crippen molar-refractivity contribution in [2.24, 2.45) is 11.8 Å². The molecule has 0 aromatic carbocycles. The highest BCUT2D eigenvalue weighted by Crippen LogP contribution is 2.38. The third-order valence-electron chi connectivity index (χ3n) is 10.3. The summed E-state index contributed by atoms with van der Waals surface area (Å²) in [5.41, 5.74) is 5.20. The molecule has 0 saturated carbocycles. The van der Waals surface area contributed by atoms with E-state index >= 15 is 0 Å². The number of rotatable bonds is 8. The molecular formula is C40H55BrN4O10. The second-order valence-corrected chi connectivity index (χ2v) is 17.3. The van der Waals surface area contributed by atoms with Crippen LogP contribution in [0.5, 0.6) is 11.8 Å². The van der Waals surface area contributed by atoms with Crippen LogP contribution in [0.4, 0.5) is 9.59 Å². The fourth-order valence-electron chi connectivity index (χ4n) is 7.15. The van der Waals surface area contributed by atoms with Crippen LogP contribution in [0.3, 0.4) is 0 Å². The molecule has 0 bridgehead atoms. The van der Waals surface area contributed by atoms with Crippen LogP contribution in [0.25, 0.3) is 0 Å². The molecule has 4 aliphatic rings. The van der Waals surface area contributed by atoms with E-state index in [4.69, 9.17) is 28.4 Å². The van der Waals surface area contributed by atoms with Gasteiger partial charge in [-0.1, -0.05) is 0 Å². The topological polar surface area (TPSA) is 156 Å². The van der Waals surface area contributed by atoms with Crippen LogP contribution in [0.2, 0.25) is 0 Å². The fraction of sp³-hybridized carbons (Fsp3) is 0.650. The molecule has 2 aliphatic heterocycles. The molecule has 2 unspecified atom stereocenters. The van der Waals surface area contributed by atoms with E-state index in [-0.39, 0.29) is 48.0 Å². The van der Waals surface area contributed by atoms with Gasteiger partial charge in [0.1, 0.15) is 29.0 Å². The first kappa shape index (κ1) is 42.0. The molecule has 0 radical (unpaired) electrons. The number of fused-ring (bicyclic) bond motifs is 2. The summed E-state index contributed by atoms with van der Waals surface area (Å²) in [4.78, 5) is 60.5. The third kappa shape index (κ3) is 10.0. The van der Waals surface area contributed by atoms with Gasteiger partial charge in [-0.25, -0.2) is 19.6 Å². The number of amides is 2. The minimum atomic E-state index is -0.517. The number of ether oxygens (including phenoxy) is 6. The van der Waals surface area contributed by atoms with Gasteiger partial charge in [-0.15, -0.1) is 0 Å². The minimum Gasteiger partial charge on any atom is -0.475 e. The number of carbonyl (C=O) groups is 4. The van der Waals surface area contributed by atoms with Crippen LogP contribution in [0.1, 0.15) is 87.8 Å². The SMILES string of the molecule is COC(=O)C1Cc2c(Br)nc(OC[C@@H]3CCN3C(=O)OC(C)(C)C)c(C)c2C1.COC(=O)C1Cc2cnc(OC[C@@H]3CCN3C(=O)OC(C)(C)C)c(C)c2C1. The van der Waals surface area contributed by atoms with Crippen LogP contribution in [-0.4, -0.2) is 108 Å². The maximum Gasteiger partial charge on any atom is 0.410 e. The van der Waals surface area contributed by atoms with Crippen molar-refractivity contribution < 1.29 is 47.6 Å². The molecule has 0 N–H and O–H groups in total. The monoisotopic (exact) mass is 830 g/mol. The number of hydrogen-bond donors (Lipinski definition) is 0. The van der Waals surface area contributed by atoms with Gasteiger partial charge >= 0.3 is 24.1 Å². The Hall–Kier alpha value is -4.14. The highest BCUT2D eigenvalue weighted by Gasteiger charge is 2.38. The van der Waals surface area contributed by atoms with Gasteiger partial charge in [0.25, 0.3) is 0 Å². The largest absolute Gasteiger partial charge is 0.475 e. The molecule has 2 aromatic rings. The van der Waals surface area contributed by atoms with Gasteiger partial charge in [0.15, 0.2) is 0 Å². The molecule has 2 saturated heterocycles. The Morgan fingerprint density at radius 2 is 1.16 bits per heavy atom. The summed E-state index contributed by atoms with van der Waals surface area (Å²) in [6.07, 6.45) is 5.47. The highest BCUT2D eigenvalue weighted by atomic mass is 79.9. The predicted octanol–water partition coefficient (Wildman–Crippen LogP) is 6.09. The summed E-state index contributed by atoms with van der Waals surface area (Å²) >= 11 is 3.51. The van der Waals surface area contributed by atoms with Crippen molar-refractivity contribution in [1.82, 2.24) is 19.8 Å². The first-order valence-corrected chi connectivity index (χ1v) is 19.6. The lowest BCUT2D eigenvalue weighted by atomic mass is 10.0. The molecule has 2 aliphatic carbocycles. The zero-order valence-electron chi connectivity index (χ0n) is 33.7. The Morgan fingerprint density at radius 3 is 1.64 bits per heavy atom. The summed E-state index contributed by atoms with van der Waals surface area (Å²) in [6.45, 7) is 17.1.